The molecule has 1 saturated heterocycles. The first-order chi connectivity index (χ1) is 12.0. The molecule has 0 unspecified atom stereocenters. The Kier molecular flexibility index (Phi) is 5.71. The highest BCUT2D eigenvalue weighted by atomic mass is 15.4. The van der Waals surface area contributed by atoms with Gasteiger partial charge in [0.2, 0.25) is 0 Å². The third-order valence-electron chi connectivity index (χ3n) is 5.05. The summed E-state index contributed by atoms with van der Waals surface area (Å²) in [5, 5.41) is 8.33. The highest BCUT2D eigenvalue weighted by molar-refractivity contribution is 5.48. The van der Waals surface area contributed by atoms with Crippen molar-refractivity contribution >= 4 is 5.82 Å². The van der Waals surface area contributed by atoms with E-state index in [0.717, 1.165) is 31.9 Å². The van der Waals surface area contributed by atoms with E-state index in [1.165, 1.54) is 29.8 Å². The van der Waals surface area contributed by atoms with Gasteiger partial charge in [-0.15, -0.1) is 0 Å². The molecule has 0 aromatic carbocycles. The zero-order valence-electron chi connectivity index (χ0n) is 15.9. The summed E-state index contributed by atoms with van der Waals surface area (Å²) in [6.45, 7) is 6.31. The van der Waals surface area contributed by atoms with Crippen molar-refractivity contribution in [2.45, 2.75) is 38.9 Å². The van der Waals surface area contributed by atoms with E-state index in [1.54, 1.807) is 0 Å². The highest BCUT2D eigenvalue weighted by Gasteiger charge is 2.21. The summed E-state index contributed by atoms with van der Waals surface area (Å²) in [4.78, 5) is 8.78. The predicted molar refractivity (Wildman–Crippen MR) is 102 cm³/mol. The minimum Gasteiger partial charge on any atom is -0.363 e. The topological polar surface area (TPSA) is 49.2 Å². The van der Waals surface area contributed by atoms with E-state index in [9.17, 15) is 0 Å². The van der Waals surface area contributed by atoms with Crippen molar-refractivity contribution in [1.29, 1.82) is 0 Å². The third kappa shape index (κ3) is 4.38. The van der Waals surface area contributed by atoms with Crippen molar-refractivity contribution in [2.75, 3.05) is 32.1 Å². The minimum atomic E-state index is 0.586. The molecule has 0 bridgehead atoms. The van der Waals surface area contributed by atoms with Gasteiger partial charge in [-0.2, -0.15) is 5.10 Å². The van der Waals surface area contributed by atoms with E-state index in [2.05, 4.69) is 58.4 Å². The fourth-order valence-electron chi connectivity index (χ4n) is 3.74. The summed E-state index contributed by atoms with van der Waals surface area (Å²) >= 11 is 0. The van der Waals surface area contributed by atoms with Crippen LogP contribution >= 0.6 is 0 Å². The second kappa shape index (κ2) is 7.97. The fourth-order valence-corrected chi connectivity index (χ4v) is 3.74. The quantitative estimate of drug-likeness (QED) is 0.869. The molecule has 6 nitrogen and oxygen atoms in total. The summed E-state index contributed by atoms with van der Waals surface area (Å²) in [5.74, 6) is 1.19. The smallest absolute Gasteiger partial charge is 0.130 e. The molecule has 0 spiro atoms. The Labute approximate surface area is 150 Å². The zero-order valence-corrected chi connectivity index (χ0v) is 15.9. The summed E-state index contributed by atoms with van der Waals surface area (Å²) in [6, 6.07) is 4.81. The molecule has 2 aromatic rings. The number of aryl methyl sites for hydroxylation is 2. The van der Waals surface area contributed by atoms with Crippen LogP contribution in [0.4, 0.5) is 5.82 Å². The second-order valence-electron chi connectivity index (χ2n) is 7.19. The van der Waals surface area contributed by atoms with Crippen LogP contribution in [0, 0.1) is 6.92 Å². The lowest BCUT2D eigenvalue weighted by atomic mass is 10.0. The van der Waals surface area contributed by atoms with Gasteiger partial charge in [0.05, 0.1) is 5.69 Å². The van der Waals surface area contributed by atoms with E-state index in [0.29, 0.717) is 6.04 Å². The van der Waals surface area contributed by atoms with Gasteiger partial charge in [0, 0.05) is 58.2 Å². The van der Waals surface area contributed by atoms with Gasteiger partial charge in [-0.05, 0) is 50.6 Å². The number of likely N-dealkylation sites (tertiary alicyclic amines) is 1. The third-order valence-corrected chi connectivity index (χ3v) is 5.05. The number of aromatic nitrogens is 3. The number of rotatable bonds is 6. The van der Waals surface area contributed by atoms with Crippen molar-refractivity contribution < 1.29 is 0 Å². The summed E-state index contributed by atoms with van der Waals surface area (Å²) in [7, 11) is 6.18. The number of pyridine rings is 1. The molecule has 1 aliphatic heterocycles. The molecule has 1 fully saturated rings. The van der Waals surface area contributed by atoms with Gasteiger partial charge >= 0.3 is 0 Å². The van der Waals surface area contributed by atoms with Gasteiger partial charge in [0.25, 0.3) is 0 Å². The summed E-state index contributed by atoms with van der Waals surface area (Å²) in [5.41, 5.74) is 3.78. The average Bonchev–Trinajstić information content (AvgIpc) is 2.89. The fraction of sp³-hybridized carbons (Fsp3) is 0.579. The van der Waals surface area contributed by atoms with Crippen molar-refractivity contribution in [3.8, 4) is 0 Å². The van der Waals surface area contributed by atoms with E-state index in [4.69, 9.17) is 0 Å². The van der Waals surface area contributed by atoms with Gasteiger partial charge in [-0.25, -0.2) is 0 Å². The molecule has 0 atom stereocenters. The molecule has 2 aromatic heterocycles. The standard InChI is InChI=1S/C19H30N6/c1-15-18(19(23(2)3)24(4)22-15)13-21-17-7-11-25(12-8-17)14-16-5-9-20-10-6-16/h5-6,9-10,17,21H,7-8,11-14H2,1-4H3. The van der Waals surface area contributed by atoms with Crippen LogP contribution in [0.5, 0.6) is 0 Å². The zero-order chi connectivity index (χ0) is 17.8. The van der Waals surface area contributed by atoms with Crippen LogP contribution in [0.25, 0.3) is 0 Å². The molecule has 0 amide bonds. The summed E-state index contributed by atoms with van der Waals surface area (Å²) in [6.07, 6.45) is 6.15. The van der Waals surface area contributed by atoms with Crippen LogP contribution in [0.1, 0.15) is 29.7 Å². The van der Waals surface area contributed by atoms with E-state index in [1.807, 2.05) is 24.1 Å². The molecule has 25 heavy (non-hydrogen) atoms. The van der Waals surface area contributed by atoms with Crippen LogP contribution in [0.3, 0.4) is 0 Å². The van der Waals surface area contributed by atoms with E-state index in [-0.39, 0.29) is 0 Å². The van der Waals surface area contributed by atoms with Crippen molar-refractivity contribution in [3.63, 3.8) is 0 Å². The first kappa shape index (κ1) is 17.9. The molecule has 3 heterocycles. The molecule has 3 rings (SSSR count). The van der Waals surface area contributed by atoms with E-state index >= 15 is 0 Å². The normalized spacial score (nSPS) is 16.3. The monoisotopic (exact) mass is 342 g/mol. The average molecular weight is 342 g/mol. The lowest BCUT2D eigenvalue weighted by Gasteiger charge is -2.32. The van der Waals surface area contributed by atoms with Crippen molar-refractivity contribution in [1.82, 2.24) is 25.0 Å². The maximum absolute atomic E-state index is 4.58. The number of nitrogens with one attached hydrogen (secondary N) is 1. The number of piperidine rings is 1. The summed E-state index contributed by atoms with van der Waals surface area (Å²) < 4.78 is 1.98. The molecule has 0 saturated carbocycles. The largest absolute Gasteiger partial charge is 0.363 e. The predicted octanol–water partition coefficient (Wildman–Crippen LogP) is 1.94. The molecule has 6 heteroatoms. The Hall–Kier alpha value is -1.92. The number of hydrogen-bond donors (Lipinski definition) is 1. The highest BCUT2D eigenvalue weighted by Crippen LogP contribution is 2.22. The maximum atomic E-state index is 4.58. The van der Waals surface area contributed by atoms with Gasteiger partial charge in [-0.1, -0.05) is 0 Å². The molecule has 1 aliphatic rings. The Bertz CT molecular complexity index is 671. The van der Waals surface area contributed by atoms with E-state index < -0.39 is 0 Å². The Morgan fingerprint density at radius 3 is 2.52 bits per heavy atom. The molecular formula is C19H30N6. The molecular weight excluding hydrogens is 312 g/mol. The van der Waals surface area contributed by atoms with Gasteiger partial charge in [0.1, 0.15) is 5.82 Å². The lowest BCUT2D eigenvalue weighted by Crippen LogP contribution is -2.42. The number of anilines is 1. The molecule has 136 valence electrons. The molecule has 1 N–H and O–H groups in total. The second-order valence-corrected chi connectivity index (χ2v) is 7.19. The Morgan fingerprint density at radius 1 is 1.20 bits per heavy atom. The lowest BCUT2D eigenvalue weighted by molar-refractivity contribution is 0.190. The molecule has 0 aliphatic carbocycles. The van der Waals surface area contributed by atoms with Crippen molar-refractivity contribution in [2.24, 2.45) is 7.05 Å². The Morgan fingerprint density at radius 2 is 1.88 bits per heavy atom. The molecule has 0 radical (unpaired) electrons. The van der Waals surface area contributed by atoms with Crippen LogP contribution in [0.15, 0.2) is 24.5 Å². The SMILES string of the molecule is Cc1nn(C)c(N(C)C)c1CNC1CCN(Cc2ccncc2)CC1. The van der Waals surface area contributed by atoms with Crippen molar-refractivity contribution in [3.05, 3.63) is 41.3 Å². The number of hydrogen-bond acceptors (Lipinski definition) is 5. The van der Waals surface area contributed by atoms with Crippen LogP contribution in [0.2, 0.25) is 0 Å². The Balaban J connectivity index is 1.50. The first-order valence-corrected chi connectivity index (χ1v) is 9.09. The van der Waals surface area contributed by atoms with Gasteiger partial charge in [0.15, 0.2) is 0 Å². The van der Waals surface area contributed by atoms with Gasteiger partial charge < -0.3 is 10.2 Å². The van der Waals surface area contributed by atoms with Crippen LogP contribution in [-0.4, -0.2) is 52.9 Å². The maximum Gasteiger partial charge on any atom is 0.130 e. The first-order valence-electron chi connectivity index (χ1n) is 9.09. The van der Waals surface area contributed by atoms with Crippen LogP contribution in [-0.2, 0) is 20.1 Å². The van der Waals surface area contributed by atoms with Crippen LogP contribution < -0.4 is 10.2 Å². The minimum absolute atomic E-state index is 0.586. The van der Waals surface area contributed by atoms with Gasteiger partial charge in [-0.3, -0.25) is 14.6 Å². The number of nitrogens with zero attached hydrogens (tertiary/aromatic N) is 5.